The lowest BCUT2D eigenvalue weighted by atomic mass is 10.0. The maximum absolute atomic E-state index is 6.19. The number of rotatable bonds is 4. The van der Waals surface area contributed by atoms with Crippen LogP contribution in [0.1, 0.15) is 5.56 Å². The van der Waals surface area contributed by atoms with Crippen LogP contribution in [0, 0.1) is 0 Å². The van der Waals surface area contributed by atoms with Crippen LogP contribution in [0.2, 0.25) is 10.0 Å². The fraction of sp³-hybridized carbons (Fsp3) is 0.538. The van der Waals surface area contributed by atoms with Crippen LogP contribution in [0.4, 0.5) is 0 Å². The fourth-order valence-corrected chi connectivity index (χ4v) is 2.66. The highest BCUT2D eigenvalue weighted by Gasteiger charge is 2.25. The SMILES string of the molecule is CNC(Cc1c(Cl)cccc1Cl)C1COCCO1. The van der Waals surface area contributed by atoms with Crippen molar-refractivity contribution in [3.05, 3.63) is 33.8 Å². The Labute approximate surface area is 117 Å². The number of ether oxygens (including phenoxy) is 2. The first-order chi connectivity index (χ1) is 8.72. The summed E-state index contributed by atoms with van der Waals surface area (Å²) in [5, 5.41) is 4.64. The van der Waals surface area contributed by atoms with Gasteiger partial charge < -0.3 is 14.8 Å². The number of benzene rings is 1. The molecule has 2 atom stereocenters. The van der Waals surface area contributed by atoms with E-state index in [-0.39, 0.29) is 12.1 Å². The average Bonchev–Trinajstić information content (AvgIpc) is 2.40. The molecule has 1 fully saturated rings. The van der Waals surface area contributed by atoms with Gasteiger partial charge in [0.15, 0.2) is 0 Å². The van der Waals surface area contributed by atoms with E-state index < -0.39 is 0 Å². The van der Waals surface area contributed by atoms with Gasteiger partial charge in [-0.3, -0.25) is 0 Å². The predicted octanol–water partition coefficient (Wildman–Crippen LogP) is 2.54. The van der Waals surface area contributed by atoms with Gasteiger partial charge in [0, 0.05) is 16.1 Å². The Morgan fingerprint density at radius 1 is 1.33 bits per heavy atom. The van der Waals surface area contributed by atoms with Crippen LogP contribution < -0.4 is 5.32 Å². The van der Waals surface area contributed by atoms with E-state index in [0.717, 1.165) is 12.0 Å². The molecule has 3 nitrogen and oxygen atoms in total. The van der Waals surface area contributed by atoms with Gasteiger partial charge in [-0.15, -0.1) is 0 Å². The van der Waals surface area contributed by atoms with Gasteiger partial charge in [0.05, 0.1) is 25.9 Å². The number of nitrogens with one attached hydrogen (secondary N) is 1. The van der Waals surface area contributed by atoms with Gasteiger partial charge >= 0.3 is 0 Å². The normalized spacial score (nSPS) is 21.8. The Balaban J connectivity index is 2.09. The molecule has 1 N–H and O–H groups in total. The third-order valence-corrected chi connectivity index (χ3v) is 3.86. The topological polar surface area (TPSA) is 30.5 Å². The lowest BCUT2D eigenvalue weighted by Crippen LogP contribution is -2.46. The molecule has 0 aliphatic carbocycles. The van der Waals surface area contributed by atoms with Crippen LogP contribution in [0.5, 0.6) is 0 Å². The van der Waals surface area contributed by atoms with Crippen molar-refractivity contribution >= 4 is 23.2 Å². The Morgan fingerprint density at radius 2 is 2.06 bits per heavy atom. The second-order valence-corrected chi connectivity index (χ2v) is 5.10. The van der Waals surface area contributed by atoms with E-state index in [9.17, 15) is 0 Å². The fourth-order valence-electron chi connectivity index (χ4n) is 2.10. The summed E-state index contributed by atoms with van der Waals surface area (Å²) in [5.41, 5.74) is 0.953. The van der Waals surface area contributed by atoms with Crippen molar-refractivity contribution in [2.75, 3.05) is 26.9 Å². The van der Waals surface area contributed by atoms with Crippen molar-refractivity contribution in [3.63, 3.8) is 0 Å². The molecule has 1 aliphatic heterocycles. The van der Waals surface area contributed by atoms with E-state index in [1.807, 2.05) is 25.2 Å². The van der Waals surface area contributed by atoms with Crippen molar-refractivity contribution < 1.29 is 9.47 Å². The molecule has 2 rings (SSSR count). The summed E-state index contributed by atoms with van der Waals surface area (Å²) in [6, 6.07) is 5.70. The predicted molar refractivity (Wildman–Crippen MR) is 73.6 cm³/mol. The highest BCUT2D eigenvalue weighted by atomic mass is 35.5. The molecule has 1 aromatic rings. The molecule has 1 saturated heterocycles. The highest BCUT2D eigenvalue weighted by Crippen LogP contribution is 2.26. The van der Waals surface area contributed by atoms with E-state index in [1.54, 1.807) is 0 Å². The molecule has 1 aliphatic rings. The van der Waals surface area contributed by atoms with Crippen molar-refractivity contribution in [1.29, 1.82) is 0 Å². The minimum atomic E-state index is 0.0380. The second kappa shape index (κ2) is 6.73. The van der Waals surface area contributed by atoms with Crippen LogP contribution in [0.15, 0.2) is 18.2 Å². The van der Waals surface area contributed by atoms with Gasteiger partial charge in [-0.05, 0) is 31.2 Å². The first kappa shape index (κ1) is 14.1. The largest absolute Gasteiger partial charge is 0.376 e. The molecular weight excluding hydrogens is 273 g/mol. The van der Waals surface area contributed by atoms with Crippen molar-refractivity contribution in [2.45, 2.75) is 18.6 Å². The molecule has 5 heteroatoms. The summed E-state index contributed by atoms with van der Waals surface area (Å²) in [5.74, 6) is 0. The zero-order chi connectivity index (χ0) is 13.0. The van der Waals surface area contributed by atoms with Crippen LogP contribution in [0.3, 0.4) is 0 Å². The van der Waals surface area contributed by atoms with Gasteiger partial charge in [0.2, 0.25) is 0 Å². The first-order valence-corrected chi connectivity index (χ1v) is 6.77. The van der Waals surface area contributed by atoms with Crippen LogP contribution >= 0.6 is 23.2 Å². The summed E-state index contributed by atoms with van der Waals surface area (Å²) in [4.78, 5) is 0. The Hall–Kier alpha value is -0.320. The minimum Gasteiger partial charge on any atom is -0.376 e. The zero-order valence-electron chi connectivity index (χ0n) is 10.3. The van der Waals surface area contributed by atoms with E-state index in [4.69, 9.17) is 32.7 Å². The summed E-state index contributed by atoms with van der Waals surface area (Å²) in [7, 11) is 1.91. The monoisotopic (exact) mass is 289 g/mol. The molecule has 1 aromatic carbocycles. The maximum Gasteiger partial charge on any atom is 0.0965 e. The van der Waals surface area contributed by atoms with Crippen molar-refractivity contribution in [3.8, 4) is 0 Å². The van der Waals surface area contributed by atoms with Crippen LogP contribution in [0.25, 0.3) is 0 Å². The van der Waals surface area contributed by atoms with Gasteiger partial charge in [-0.2, -0.15) is 0 Å². The lowest BCUT2D eigenvalue weighted by molar-refractivity contribution is -0.100. The van der Waals surface area contributed by atoms with Gasteiger partial charge in [-0.1, -0.05) is 29.3 Å². The number of hydrogen-bond donors (Lipinski definition) is 1. The Morgan fingerprint density at radius 3 is 2.61 bits per heavy atom. The molecule has 0 bridgehead atoms. The third kappa shape index (κ3) is 3.37. The smallest absolute Gasteiger partial charge is 0.0965 e. The average molecular weight is 290 g/mol. The van der Waals surface area contributed by atoms with E-state index in [0.29, 0.717) is 29.9 Å². The molecular formula is C13H17Cl2NO2. The van der Waals surface area contributed by atoms with Gasteiger partial charge in [-0.25, -0.2) is 0 Å². The second-order valence-electron chi connectivity index (χ2n) is 4.28. The minimum absolute atomic E-state index is 0.0380. The number of halogens is 2. The molecule has 0 saturated carbocycles. The van der Waals surface area contributed by atoms with E-state index in [2.05, 4.69) is 5.32 Å². The first-order valence-electron chi connectivity index (χ1n) is 6.02. The Kier molecular flexibility index (Phi) is 5.27. The van der Waals surface area contributed by atoms with Crippen molar-refractivity contribution in [1.82, 2.24) is 5.32 Å². The quantitative estimate of drug-likeness (QED) is 0.924. The Bertz CT molecular complexity index is 374. The highest BCUT2D eigenvalue weighted by molar-refractivity contribution is 6.36. The molecule has 1 heterocycles. The molecule has 2 unspecified atom stereocenters. The number of likely N-dealkylation sites (N-methyl/N-ethyl adjacent to an activating group) is 1. The zero-order valence-corrected chi connectivity index (χ0v) is 11.8. The molecule has 0 radical (unpaired) electrons. The van der Waals surface area contributed by atoms with Crippen LogP contribution in [-0.2, 0) is 15.9 Å². The van der Waals surface area contributed by atoms with Crippen molar-refractivity contribution in [2.24, 2.45) is 0 Å². The molecule has 0 aromatic heterocycles. The number of hydrogen-bond acceptors (Lipinski definition) is 3. The summed E-state index contributed by atoms with van der Waals surface area (Å²) < 4.78 is 11.1. The molecule has 0 amide bonds. The summed E-state index contributed by atoms with van der Waals surface area (Å²) in [6.07, 6.45) is 0.763. The third-order valence-electron chi connectivity index (χ3n) is 3.15. The summed E-state index contributed by atoms with van der Waals surface area (Å²) in [6.45, 7) is 1.91. The van der Waals surface area contributed by atoms with Crippen LogP contribution in [-0.4, -0.2) is 39.0 Å². The molecule has 0 spiro atoms. The summed E-state index contributed by atoms with van der Waals surface area (Å²) >= 11 is 12.4. The van der Waals surface area contributed by atoms with E-state index in [1.165, 1.54) is 0 Å². The van der Waals surface area contributed by atoms with Gasteiger partial charge in [0.25, 0.3) is 0 Å². The lowest BCUT2D eigenvalue weighted by Gasteiger charge is -2.30. The van der Waals surface area contributed by atoms with Gasteiger partial charge in [0.1, 0.15) is 0 Å². The molecule has 100 valence electrons. The maximum atomic E-state index is 6.19. The van der Waals surface area contributed by atoms with E-state index >= 15 is 0 Å². The molecule has 18 heavy (non-hydrogen) atoms. The standard InChI is InChI=1S/C13H17Cl2NO2/c1-16-12(13-8-17-5-6-18-13)7-9-10(14)3-2-4-11(9)15/h2-4,12-13,16H,5-8H2,1H3.